The zero-order chi connectivity index (χ0) is 14.1. The first-order chi connectivity index (χ1) is 8.04. The van der Waals surface area contributed by atoms with Gasteiger partial charge in [0.2, 0.25) is 0 Å². The van der Waals surface area contributed by atoms with E-state index >= 15 is 0 Å². The average Bonchev–Trinajstić information content (AvgIpc) is 2.18. The van der Waals surface area contributed by atoms with E-state index in [2.05, 4.69) is 0 Å². The number of rotatable bonds is 3. The molecule has 0 aliphatic heterocycles. The van der Waals surface area contributed by atoms with Crippen molar-refractivity contribution in [3.05, 3.63) is 34.9 Å². The van der Waals surface area contributed by atoms with Crippen molar-refractivity contribution >= 4 is 5.97 Å². The van der Waals surface area contributed by atoms with Crippen molar-refractivity contribution in [2.75, 3.05) is 0 Å². The third-order valence-electron chi connectivity index (χ3n) is 2.35. The molecule has 0 aliphatic rings. The fourth-order valence-corrected chi connectivity index (χ4v) is 1.42. The van der Waals surface area contributed by atoms with Crippen LogP contribution in [-0.4, -0.2) is 17.0 Å². The monoisotopic (exact) mass is 268 g/mol. The van der Waals surface area contributed by atoms with E-state index in [0.717, 1.165) is 12.1 Å². The molecule has 0 unspecified atom stereocenters. The van der Waals surface area contributed by atoms with Crippen LogP contribution in [0, 0.1) is 6.92 Å². The Morgan fingerprint density at radius 2 is 1.78 bits per heavy atom. The predicted octanol–water partition coefficient (Wildman–Crippen LogP) is 3.28. The Morgan fingerprint density at radius 3 is 2.22 bits per heavy atom. The molecule has 0 aromatic heterocycles. The number of carboxylic acid groups (broad SMARTS) is 1. The summed E-state index contributed by atoms with van der Waals surface area (Å²) in [5.41, 5.74) is -1.52. The highest BCUT2D eigenvalue weighted by Gasteiger charge is 2.40. The predicted molar refractivity (Wildman–Crippen MR) is 52.5 cm³/mol. The summed E-state index contributed by atoms with van der Waals surface area (Å²) in [6.07, 6.45) is -5.93. The molecular weight excluding hydrogens is 259 g/mol. The van der Waals surface area contributed by atoms with Gasteiger partial charge in [-0.25, -0.2) is 4.79 Å². The van der Waals surface area contributed by atoms with E-state index in [0.29, 0.717) is 6.07 Å². The molecule has 1 rings (SSSR count). The summed E-state index contributed by atoms with van der Waals surface area (Å²) in [4.78, 5) is 10.2. The second-order valence-corrected chi connectivity index (χ2v) is 3.83. The molecule has 7 heteroatoms. The van der Waals surface area contributed by atoms with E-state index in [9.17, 15) is 26.7 Å². The molecule has 0 aliphatic carbocycles. The number of benzene rings is 1. The maximum atomic E-state index is 12.9. The summed E-state index contributed by atoms with van der Waals surface area (Å²) in [7, 11) is 0. The van der Waals surface area contributed by atoms with Crippen molar-refractivity contribution in [1.29, 1.82) is 0 Å². The van der Waals surface area contributed by atoms with E-state index in [1.54, 1.807) is 0 Å². The van der Waals surface area contributed by atoms with Crippen LogP contribution in [0.15, 0.2) is 18.2 Å². The van der Waals surface area contributed by atoms with Gasteiger partial charge >= 0.3 is 18.1 Å². The van der Waals surface area contributed by atoms with Crippen LogP contribution in [0.3, 0.4) is 0 Å². The molecule has 0 saturated carbocycles. The van der Waals surface area contributed by atoms with Crippen LogP contribution in [0.1, 0.15) is 16.7 Å². The lowest BCUT2D eigenvalue weighted by Gasteiger charge is -2.14. The molecule has 100 valence electrons. The highest BCUT2D eigenvalue weighted by molar-refractivity contribution is 5.75. The van der Waals surface area contributed by atoms with Gasteiger partial charge < -0.3 is 5.11 Å². The van der Waals surface area contributed by atoms with E-state index < -0.39 is 30.1 Å². The summed E-state index contributed by atoms with van der Waals surface area (Å²) < 4.78 is 63.3. The van der Waals surface area contributed by atoms with Gasteiger partial charge in [-0.2, -0.15) is 22.0 Å². The molecule has 2 nitrogen and oxygen atoms in total. The molecule has 0 atom stereocenters. The average molecular weight is 268 g/mol. The number of alkyl halides is 5. The molecule has 0 spiro atoms. The van der Waals surface area contributed by atoms with E-state index in [1.807, 2.05) is 0 Å². The largest absolute Gasteiger partial charge is 0.477 e. The lowest BCUT2D eigenvalue weighted by Crippen LogP contribution is -2.30. The molecule has 0 heterocycles. The molecule has 0 radical (unpaired) electrons. The van der Waals surface area contributed by atoms with E-state index in [-0.39, 0.29) is 11.1 Å². The highest BCUT2D eigenvalue weighted by Crippen LogP contribution is 2.33. The third kappa shape index (κ3) is 3.18. The molecular formula is C11H9F5O2. The van der Waals surface area contributed by atoms with Gasteiger partial charge in [-0.15, -0.1) is 0 Å². The topological polar surface area (TPSA) is 37.3 Å². The molecule has 0 bridgehead atoms. The smallest absolute Gasteiger partial charge is 0.416 e. The highest BCUT2D eigenvalue weighted by atomic mass is 19.4. The lowest BCUT2D eigenvalue weighted by molar-refractivity contribution is -0.164. The number of halogens is 5. The van der Waals surface area contributed by atoms with Crippen LogP contribution < -0.4 is 0 Å². The fourth-order valence-electron chi connectivity index (χ4n) is 1.42. The Kier molecular flexibility index (Phi) is 3.64. The number of carbonyl (C=O) groups is 1. The van der Waals surface area contributed by atoms with Crippen molar-refractivity contribution < 1.29 is 31.9 Å². The van der Waals surface area contributed by atoms with E-state index in [4.69, 9.17) is 5.11 Å². The summed E-state index contributed by atoms with van der Waals surface area (Å²) in [5, 5.41) is 8.21. The summed E-state index contributed by atoms with van der Waals surface area (Å²) in [5.74, 6) is -6.45. The summed E-state index contributed by atoms with van der Waals surface area (Å²) in [6, 6.07) is 2.64. The van der Waals surface area contributed by atoms with Gasteiger partial charge in [0.1, 0.15) is 0 Å². The zero-order valence-corrected chi connectivity index (χ0v) is 9.18. The maximum Gasteiger partial charge on any atom is 0.416 e. The van der Waals surface area contributed by atoms with Crippen molar-refractivity contribution in [3.63, 3.8) is 0 Å². The van der Waals surface area contributed by atoms with Crippen LogP contribution in [0.4, 0.5) is 22.0 Å². The first kappa shape index (κ1) is 14.4. The van der Waals surface area contributed by atoms with Gasteiger partial charge in [0.05, 0.1) is 5.56 Å². The van der Waals surface area contributed by atoms with Crippen LogP contribution in [0.5, 0.6) is 0 Å². The second kappa shape index (κ2) is 4.55. The van der Waals surface area contributed by atoms with Crippen LogP contribution in [0.2, 0.25) is 0 Å². The molecule has 1 aromatic carbocycles. The van der Waals surface area contributed by atoms with Gasteiger partial charge in [0, 0.05) is 6.42 Å². The lowest BCUT2D eigenvalue weighted by atomic mass is 10.0. The Balaban J connectivity index is 3.11. The minimum absolute atomic E-state index is 0.107. The molecule has 1 N–H and O–H groups in total. The summed E-state index contributed by atoms with van der Waals surface area (Å²) in [6.45, 7) is 1.20. The Morgan fingerprint density at radius 1 is 1.22 bits per heavy atom. The minimum atomic E-state index is -4.65. The Hall–Kier alpha value is -1.66. The van der Waals surface area contributed by atoms with E-state index in [1.165, 1.54) is 6.92 Å². The van der Waals surface area contributed by atoms with Crippen molar-refractivity contribution in [2.24, 2.45) is 0 Å². The van der Waals surface area contributed by atoms with Crippen molar-refractivity contribution in [3.8, 4) is 0 Å². The van der Waals surface area contributed by atoms with Crippen molar-refractivity contribution in [1.82, 2.24) is 0 Å². The molecule has 0 fully saturated rings. The minimum Gasteiger partial charge on any atom is -0.477 e. The maximum absolute atomic E-state index is 12.9. The summed E-state index contributed by atoms with van der Waals surface area (Å²) >= 11 is 0. The van der Waals surface area contributed by atoms with Crippen molar-refractivity contribution in [2.45, 2.75) is 25.4 Å². The fraction of sp³-hybridized carbons (Fsp3) is 0.364. The molecule has 18 heavy (non-hydrogen) atoms. The Labute approximate surface area is 99.0 Å². The second-order valence-electron chi connectivity index (χ2n) is 3.83. The SMILES string of the molecule is Cc1ccc(CC(F)(F)C(=O)O)cc1C(F)(F)F. The molecule has 1 aromatic rings. The van der Waals surface area contributed by atoms with Gasteiger partial charge in [0.15, 0.2) is 0 Å². The molecule has 0 amide bonds. The Bertz CT molecular complexity index is 465. The number of hydrogen-bond acceptors (Lipinski definition) is 1. The van der Waals surface area contributed by atoms with Crippen LogP contribution in [0.25, 0.3) is 0 Å². The van der Waals surface area contributed by atoms with Crippen LogP contribution >= 0.6 is 0 Å². The first-order valence-corrected chi connectivity index (χ1v) is 4.82. The van der Waals surface area contributed by atoms with Gasteiger partial charge in [0.25, 0.3) is 0 Å². The number of hydrogen-bond donors (Lipinski definition) is 1. The standard InChI is InChI=1S/C11H9F5O2/c1-6-2-3-7(4-8(6)11(14,15)16)5-10(12,13)9(17)18/h2-4H,5H2,1H3,(H,17,18). The number of aryl methyl sites for hydroxylation is 1. The van der Waals surface area contributed by atoms with Crippen LogP contribution in [-0.2, 0) is 17.4 Å². The number of carboxylic acids is 1. The first-order valence-electron chi connectivity index (χ1n) is 4.82. The molecule has 0 saturated heterocycles. The third-order valence-corrected chi connectivity index (χ3v) is 2.35. The quantitative estimate of drug-likeness (QED) is 0.854. The zero-order valence-electron chi connectivity index (χ0n) is 9.18. The van der Waals surface area contributed by atoms with Gasteiger partial charge in [-0.3, -0.25) is 0 Å². The normalized spacial score (nSPS) is 12.6. The number of aliphatic carboxylic acids is 1. The van der Waals surface area contributed by atoms with Gasteiger partial charge in [-0.05, 0) is 24.1 Å². The van der Waals surface area contributed by atoms with Gasteiger partial charge in [-0.1, -0.05) is 12.1 Å².